The summed E-state index contributed by atoms with van der Waals surface area (Å²) in [6.07, 6.45) is -8.02. The van der Waals surface area contributed by atoms with E-state index in [9.17, 15) is 26.3 Å². The molecule has 0 saturated heterocycles. The normalized spacial score (nSPS) is 12.0. The van der Waals surface area contributed by atoms with E-state index < -0.39 is 23.5 Å². The van der Waals surface area contributed by atoms with Crippen molar-refractivity contribution in [1.29, 1.82) is 0 Å². The van der Waals surface area contributed by atoms with Crippen molar-refractivity contribution in [1.82, 2.24) is 0 Å². The Morgan fingerprint density at radius 2 is 0.984 bits per heavy atom. The number of hydrogen-bond acceptors (Lipinski definition) is 0. The SMILES string of the molecule is CC(C)(C)c1cc2c([c-]c1-c1ccccc1)Cc1cc(-c3ccccc3)c(C(C)(C)C)cc1-2.FC(F)(F)c1cccc([C](=[Hf+2])c2cccc(C(F)(F)F)c2)c1.[Cl-].[Cl-].c1cc[cH-]c1. The molecule has 8 rings (SSSR count). The topological polar surface area (TPSA) is 0 Å². The van der Waals surface area contributed by atoms with Gasteiger partial charge in [-0.05, 0) is 39.5 Å². The second kappa shape index (κ2) is 20.4. The molecule has 1 aliphatic carbocycles. The van der Waals surface area contributed by atoms with Crippen LogP contribution in [0.15, 0.2) is 158 Å². The van der Waals surface area contributed by atoms with Crippen LogP contribution < -0.4 is 24.8 Å². The fraction of sp³-hybridized carbons (Fsp3) is 0.208. The predicted octanol–water partition coefficient (Wildman–Crippen LogP) is 9.24. The molecule has 0 saturated carbocycles. The Morgan fingerprint density at radius 1 is 0.516 bits per heavy atom. The van der Waals surface area contributed by atoms with Gasteiger partial charge in [-0.2, -0.15) is 18.2 Å². The zero-order valence-corrected chi connectivity index (χ0v) is 40.3. The smallest absolute Gasteiger partial charge is 0.172 e. The molecule has 0 nitrogen and oxygen atoms in total. The second-order valence-electron chi connectivity index (χ2n) is 16.9. The zero-order chi connectivity index (χ0) is 43.5. The summed E-state index contributed by atoms with van der Waals surface area (Å²) >= 11 is 0.316. The molecule has 0 atom stereocenters. The van der Waals surface area contributed by atoms with E-state index >= 15 is 0 Å². The first kappa shape index (κ1) is 50.2. The van der Waals surface area contributed by atoms with E-state index in [-0.39, 0.29) is 35.6 Å². The number of fused-ring (bicyclic) bond motifs is 3. The molecular formula is C53H46Cl2F6Hf-2. The Balaban J connectivity index is 0.000000252. The van der Waals surface area contributed by atoms with E-state index in [4.69, 9.17) is 0 Å². The van der Waals surface area contributed by atoms with Gasteiger partial charge in [-0.1, -0.05) is 131 Å². The second-order valence-corrected chi connectivity index (χ2v) is 18.7. The van der Waals surface area contributed by atoms with Crippen LogP contribution in [0.1, 0.15) is 86.1 Å². The first-order chi connectivity index (χ1) is 28.2. The van der Waals surface area contributed by atoms with Crippen molar-refractivity contribution < 1.29 is 75.0 Å². The standard InChI is InChI=1S/C33H33.C15H8F6.C5H5.2ClH.Hf/c1-32(2,3)30-20-26-24(18-28(30)22-13-9-7-10-14-22)17-25-19-29(23-15-11-8-12-16-23)31(21-27(25)26)33(4,5)6;16-14(17,18)12-5-1-3-10(8-12)7-11-4-2-6-13(9-11)15(19,20)21;1-2-4-5-3-1;;;/h7-16,18,20-21H,17H2,1-6H3;1-6,8-9H;1-5H;2*1H;/q-1;;-1;;;+2/p-2. The molecule has 62 heavy (non-hydrogen) atoms. The molecule has 0 spiro atoms. The first-order valence-corrected chi connectivity index (χ1v) is 21.5. The van der Waals surface area contributed by atoms with Crippen molar-refractivity contribution >= 4 is 3.26 Å². The van der Waals surface area contributed by atoms with Crippen LogP contribution in [0.5, 0.6) is 0 Å². The number of halogens is 8. The number of alkyl halides is 6. The fourth-order valence-electron chi connectivity index (χ4n) is 7.29. The largest absolute Gasteiger partial charge is 1.00 e. The van der Waals surface area contributed by atoms with Gasteiger partial charge in [-0.15, -0.1) is 28.8 Å². The van der Waals surface area contributed by atoms with Crippen LogP contribution in [0, 0.1) is 6.07 Å². The van der Waals surface area contributed by atoms with Gasteiger partial charge < -0.3 is 24.8 Å². The van der Waals surface area contributed by atoms with Crippen LogP contribution in [0.25, 0.3) is 33.4 Å². The Hall–Kier alpha value is -4.43. The van der Waals surface area contributed by atoms with E-state index in [0.717, 1.165) is 30.7 Å². The molecule has 1 aliphatic rings. The molecule has 0 heterocycles. The zero-order valence-electron chi connectivity index (χ0n) is 35.2. The minimum atomic E-state index is -4.48. The molecular weight excluding hydrogens is 1000 g/mol. The van der Waals surface area contributed by atoms with E-state index in [1.54, 1.807) is 0 Å². The van der Waals surface area contributed by atoms with Crippen molar-refractivity contribution in [3.63, 3.8) is 0 Å². The molecule has 0 amide bonds. The first-order valence-electron chi connectivity index (χ1n) is 19.7. The van der Waals surface area contributed by atoms with Crippen LogP contribution >= 0.6 is 0 Å². The number of benzene rings is 6. The van der Waals surface area contributed by atoms with Crippen LogP contribution in [-0.2, 0) is 53.5 Å². The summed E-state index contributed by atoms with van der Waals surface area (Å²) in [5, 5.41) is 0. The van der Waals surface area contributed by atoms with Crippen molar-refractivity contribution in [2.75, 3.05) is 0 Å². The van der Waals surface area contributed by atoms with Gasteiger partial charge in [0.1, 0.15) is 0 Å². The van der Waals surface area contributed by atoms with Gasteiger partial charge in [0.15, 0.2) is 0 Å². The van der Waals surface area contributed by atoms with Crippen LogP contribution in [0.4, 0.5) is 26.3 Å². The molecule has 0 unspecified atom stereocenters. The quantitative estimate of drug-likeness (QED) is 0.0938. The van der Waals surface area contributed by atoms with Crippen LogP contribution in [0.3, 0.4) is 0 Å². The third kappa shape index (κ3) is 12.2. The van der Waals surface area contributed by atoms with Crippen molar-refractivity contribution in [3.8, 4) is 33.4 Å². The minimum absolute atomic E-state index is 0. The summed E-state index contributed by atoms with van der Waals surface area (Å²) in [7, 11) is 0. The maximum Gasteiger partial charge on any atom is -0.172 e. The molecule has 0 radical (unpaired) electrons. The molecule has 0 fully saturated rings. The maximum absolute atomic E-state index is 12.7. The molecule has 0 bridgehead atoms. The van der Waals surface area contributed by atoms with Crippen LogP contribution in [-0.4, -0.2) is 3.26 Å². The summed E-state index contributed by atoms with van der Waals surface area (Å²) < 4.78 is 76.7. The van der Waals surface area contributed by atoms with Gasteiger partial charge in [-0.25, -0.2) is 12.1 Å². The summed E-state index contributed by atoms with van der Waals surface area (Å²) in [5.41, 5.74) is 12.5. The minimum Gasteiger partial charge on any atom is -1.00 e. The fourth-order valence-corrected chi connectivity index (χ4v) is 8.41. The van der Waals surface area contributed by atoms with Gasteiger partial charge in [0.25, 0.3) is 0 Å². The Kier molecular flexibility index (Phi) is 16.5. The van der Waals surface area contributed by atoms with Crippen molar-refractivity contribution in [2.24, 2.45) is 0 Å². The maximum atomic E-state index is 12.7. The molecule has 0 aromatic heterocycles. The van der Waals surface area contributed by atoms with E-state index in [0.29, 0.717) is 38.3 Å². The van der Waals surface area contributed by atoms with Gasteiger partial charge >= 0.3 is 137 Å². The van der Waals surface area contributed by atoms with Crippen LogP contribution in [0.2, 0.25) is 0 Å². The molecule has 320 valence electrons. The van der Waals surface area contributed by atoms with Gasteiger partial charge in [-0.3, -0.25) is 0 Å². The Morgan fingerprint density at radius 3 is 1.42 bits per heavy atom. The molecule has 7 aromatic rings. The molecule has 0 N–H and O–H groups in total. The third-order valence-corrected chi connectivity index (χ3v) is 12.4. The van der Waals surface area contributed by atoms with Gasteiger partial charge in [0.05, 0.1) is 0 Å². The van der Waals surface area contributed by atoms with Crippen molar-refractivity contribution in [3.05, 3.63) is 208 Å². The van der Waals surface area contributed by atoms with Gasteiger partial charge in [0.2, 0.25) is 0 Å². The summed E-state index contributed by atoms with van der Waals surface area (Å²) in [4.78, 5) is 0. The average molecular weight is 1050 g/mol. The van der Waals surface area contributed by atoms with Crippen molar-refractivity contribution in [2.45, 2.75) is 71.1 Å². The molecule has 9 heteroatoms. The summed E-state index contributed by atoms with van der Waals surface area (Å²) in [6, 6.07) is 52.1. The monoisotopic (exact) mass is 1050 g/mol. The average Bonchev–Trinajstić information content (AvgIpc) is 3.91. The Labute approximate surface area is 388 Å². The number of rotatable bonds is 4. The van der Waals surface area contributed by atoms with E-state index in [1.807, 2.05) is 30.3 Å². The Bertz CT molecular complexity index is 2380. The number of hydrogen-bond donors (Lipinski definition) is 0. The molecule has 7 aromatic carbocycles. The van der Waals surface area contributed by atoms with Gasteiger partial charge in [0, 0.05) is 0 Å². The van der Waals surface area contributed by atoms with E-state index in [2.05, 4.69) is 126 Å². The third-order valence-electron chi connectivity index (χ3n) is 10.3. The summed E-state index contributed by atoms with van der Waals surface area (Å²) in [6.45, 7) is 13.9. The van der Waals surface area contributed by atoms with E-state index in [1.165, 1.54) is 79.9 Å². The summed E-state index contributed by atoms with van der Waals surface area (Å²) in [5.74, 6) is 0. The predicted molar refractivity (Wildman–Crippen MR) is 230 cm³/mol. The molecule has 0 aliphatic heterocycles.